The van der Waals surface area contributed by atoms with Crippen LogP contribution in [-0.4, -0.2) is 143 Å². The van der Waals surface area contributed by atoms with Crippen molar-refractivity contribution in [3.63, 3.8) is 0 Å². The van der Waals surface area contributed by atoms with Crippen LogP contribution in [0.4, 0.5) is 21.0 Å². The second kappa shape index (κ2) is 26.6. The second-order valence-electron chi connectivity index (χ2n) is 20.6. The molecule has 3 fully saturated rings. The number of fused-ring (bicyclic) bond motifs is 2. The largest absolute Gasteiger partial charge is 0.465 e. The van der Waals surface area contributed by atoms with Gasteiger partial charge in [-0.05, 0) is 85.3 Å². The number of amides is 7. The van der Waals surface area contributed by atoms with E-state index in [0.29, 0.717) is 49.9 Å². The van der Waals surface area contributed by atoms with Crippen molar-refractivity contribution < 1.29 is 57.8 Å². The molecular formula is C55H74N8O13. The smallest absolute Gasteiger partial charge is 0.412 e. The zero-order valence-corrected chi connectivity index (χ0v) is 44.6. The molecular weight excluding hydrogens is 981 g/mol. The van der Waals surface area contributed by atoms with E-state index in [2.05, 4.69) is 21.3 Å². The predicted octanol–water partition coefficient (Wildman–Crippen LogP) is 6.14. The molecule has 2 saturated heterocycles. The van der Waals surface area contributed by atoms with Gasteiger partial charge in [-0.15, -0.1) is 0 Å². The highest BCUT2D eigenvalue weighted by molar-refractivity contribution is 5.98. The van der Waals surface area contributed by atoms with Gasteiger partial charge in [0, 0.05) is 64.6 Å². The molecule has 3 aromatic carbocycles. The molecule has 412 valence electrons. The third-order valence-corrected chi connectivity index (χ3v) is 15.4. The van der Waals surface area contributed by atoms with Crippen molar-refractivity contribution in [1.29, 1.82) is 0 Å². The number of rotatable bonds is 24. The van der Waals surface area contributed by atoms with Crippen molar-refractivity contribution in [1.82, 2.24) is 30.7 Å². The lowest BCUT2D eigenvalue weighted by atomic mass is 9.89. The first-order valence-corrected chi connectivity index (χ1v) is 26.1. The zero-order chi connectivity index (χ0) is 55.4. The third kappa shape index (κ3) is 14.2. The molecule has 2 aliphatic heterocycles. The molecule has 0 aromatic heterocycles. The lowest BCUT2D eigenvalue weighted by Crippen LogP contribution is -2.60. The Morgan fingerprint density at radius 2 is 1.54 bits per heavy atom. The Balaban J connectivity index is 1.09. The molecule has 0 radical (unpaired) electrons. The Kier molecular flexibility index (Phi) is 20.3. The van der Waals surface area contributed by atoms with Crippen LogP contribution in [0.25, 0.3) is 0 Å². The van der Waals surface area contributed by atoms with Crippen LogP contribution in [0.2, 0.25) is 0 Å². The number of carbonyl (C=O) groups excluding carboxylic acids is 6. The number of carboxylic acid groups (broad SMARTS) is 1. The second-order valence-corrected chi connectivity index (χ2v) is 20.6. The van der Waals surface area contributed by atoms with E-state index >= 15 is 0 Å². The maximum Gasteiger partial charge on any atom is 0.412 e. The normalized spacial score (nSPS) is 20.6. The van der Waals surface area contributed by atoms with Crippen molar-refractivity contribution in [3.05, 3.63) is 100 Å². The van der Waals surface area contributed by atoms with E-state index in [4.69, 9.17) is 14.2 Å². The first kappa shape index (κ1) is 58.1. The number of likely N-dealkylation sites (N-methyl/N-ethyl adjacent to an activating group) is 1. The highest BCUT2D eigenvalue weighted by Crippen LogP contribution is 2.42. The van der Waals surface area contributed by atoms with Crippen molar-refractivity contribution in [2.45, 2.75) is 141 Å². The van der Waals surface area contributed by atoms with Crippen molar-refractivity contribution in [3.8, 4) is 5.75 Å². The first-order chi connectivity index (χ1) is 36.3. The minimum atomic E-state index is -1.15. The van der Waals surface area contributed by atoms with Crippen molar-refractivity contribution in [2.75, 3.05) is 33.1 Å². The molecule has 6 rings (SSSR count). The Hall–Kier alpha value is -7.13. The number of non-ortho nitro benzene ring substituents is 1. The van der Waals surface area contributed by atoms with Crippen LogP contribution in [0.1, 0.15) is 90.7 Å². The number of nitro benzene ring substituents is 1. The van der Waals surface area contributed by atoms with E-state index < -0.39 is 83.2 Å². The van der Waals surface area contributed by atoms with Crippen LogP contribution < -0.4 is 26.0 Å². The van der Waals surface area contributed by atoms with Crippen LogP contribution in [0.5, 0.6) is 5.75 Å². The SMILES string of the molecule is CCC(C)C(C(CC(=O)N1CCC[C@H]1C(OC)C(C)C(=O)NC(Cc1ccccc1)C(=O)Nc1ccc(CNC(=O)Oc2ccc([N+](=O)[O-])cc2)cc1)OC)N(C)C(=O)C(NC(=O)C1C2CCC(C2)N1C(=O)O)C(C)C. The number of carbonyl (C=O) groups is 7. The van der Waals surface area contributed by atoms with E-state index in [1.54, 1.807) is 48.0 Å². The molecule has 10 unspecified atom stereocenters. The number of methoxy groups -OCH3 is 2. The van der Waals surface area contributed by atoms with Gasteiger partial charge in [0.25, 0.3) is 5.69 Å². The number of nitrogens with one attached hydrogen (secondary N) is 4. The van der Waals surface area contributed by atoms with E-state index in [9.17, 15) is 48.8 Å². The molecule has 7 amide bonds. The molecule has 0 spiro atoms. The highest BCUT2D eigenvalue weighted by atomic mass is 16.6. The fourth-order valence-corrected chi connectivity index (χ4v) is 11.1. The van der Waals surface area contributed by atoms with Gasteiger partial charge >= 0.3 is 12.2 Å². The van der Waals surface area contributed by atoms with Gasteiger partial charge in [0.15, 0.2) is 0 Å². The van der Waals surface area contributed by atoms with E-state index in [-0.39, 0.29) is 66.4 Å². The Labute approximate surface area is 443 Å². The number of ether oxygens (including phenoxy) is 3. The number of benzene rings is 3. The molecule has 21 nitrogen and oxygen atoms in total. The molecule has 1 saturated carbocycles. The number of hydrogen-bond donors (Lipinski definition) is 5. The van der Waals surface area contributed by atoms with Crippen molar-refractivity contribution >= 4 is 53.1 Å². The number of nitrogens with zero attached hydrogens (tertiary/aromatic N) is 4. The summed E-state index contributed by atoms with van der Waals surface area (Å²) < 4.78 is 17.3. The van der Waals surface area contributed by atoms with Crippen LogP contribution in [0, 0.1) is 33.8 Å². The summed E-state index contributed by atoms with van der Waals surface area (Å²) in [5.41, 5.74) is 1.78. The summed E-state index contributed by atoms with van der Waals surface area (Å²) in [6.07, 6.45) is 0.535. The molecule has 3 aromatic rings. The Morgan fingerprint density at radius 3 is 2.14 bits per heavy atom. The van der Waals surface area contributed by atoms with Crippen LogP contribution in [-0.2, 0) is 46.4 Å². The van der Waals surface area contributed by atoms with Gasteiger partial charge < -0.3 is 50.4 Å². The van der Waals surface area contributed by atoms with Gasteiger partial charge in [0.1, 0.15) is 23.9 Å². The molecule has 76 heavy (non-hydrogen) atoms. The number of likely N-dealkylation sites (tertiary alicyclic amines) is 2. The average Bonchev–Trinajstić information content (AvgIpc) is 4.18. The summed E-state index contributed by atoms with van der Waals surface area (Å²) in [5.74, 6) is -3.34. The van der Waals surface area contributed by atoms with E-state index in [1.165, 1.54) is 43.4 Å². The van der Waals surface area contributed by atoms with Gasteiger partial charge in [-0.1, -0.05) is 83.5 Å². The lowest BCUT2D eigenvalue weighted by Gasteiger charge is -2.41. The molecule has 3 aliphatic rings. The van der Waals surface area contributed by atoms with E-state index in [1.807, 2.05) is 58.0 Å². The maximum atomic E-state index is 14.5. The fourth-order valence-electron chi connectivity index (χ4n) is 11.1. The topological polar surface area (TPSA) is 268 Å². The summed E-state index contributed by atoms with van der Waals surface area (Å²) in [4.78, 5) is 111. The molecule has 21 heteroatoms. The van der Waals surface area contributed by atoms with E-state index in [0.717, 1.165) is 12.0 Å². The minimum Gasteiger partial charge on any atom is -0.465 e. The summed E-state index contributed by atoms with van der Waals surface area (Å²) in [7, 11) is 4.64. The predicted molar refractivity (Wildman–Crippen MR) is 281 cm³/mol. The summed E-state index contributed by atoms with van der Waals surface area (Å²) >= 11 is 0. The summed E-state index contributed by atoms with van der Waals surface area (Å²) in [5, 5.41) is 32.3. The van der Waals surface area contributed by atoms with Crippen LogP contribution >= 0.6 is 0 Å². The molecule has 2 bridgehead atoms. The molecule has 5 N–H and O–H groups in total. The van der Waals surface area contributed by atoms with Crippen LogP contribution in [0.3, 0.4) is 0 Å². The Bertz CT molecular complexity index is 2510. The monoisotopic (exact) mass is 1050 g/mol. The fraction of sp³-hybridized carbons (Fsp3) is 0.545. The number of piperidine rings is 1. The van der Waals surface area contributed by atoms with Crippen LogP contribution in [0.15, 0.2) is 78.9 Å². The van der Waals surface area contributed by atoms with Gasteiger partial charge in [-0.2, -0.15) is 0 Å². The Morgan fingerprint density at radius 1 is 0.855 bits per heavy atom. The molecule has 2 heterocycles. The lowest BCUT2D eigenvalue weighted by molar-refractivity contribution is -0.384. The highest BCUT2D eigenvalue weighted by Gasteiger charge is 2.52. The summed E-state index contributed by atoms with van der Waals surface area (Å²) in [6.45, 7) is 9.79. The van der Waals surface area contributed by atoms with Gasteiger partial charge in [0.05, 0.1) is 41.6 Å². The van der Waals surface area contributed by atoms with Crippen molar-refractivity contribution in [2.24, 2.45) is 23.7 Å². The quantitative estimate of drug-likeness (QED) is 0.0499. The van der Waals surface area contributed by atoms with Gasteiger partial charge in [-0.25, -0.2) is 9.59 Å². The third-order valence-electron chi connectivity index (χ3n) is 15.4. The zero-order valence-electron chi connectivity index (χ0n) is 44.6. The number of anilines is 1. The average molecular weight is 1060 g/mol. The standard InChI is InChI=1S/C55H74N8O13/c1-9-33(4)47(60(6)53(68)46(32(2)3)59-52(67)48-37-19-22-40(29-37)62(48)55(70)71)44(74-7)30-45(64)61-27-13-16-43(61)49(75-8)34(5)50(65)58-42(28-35-14-11-10-12-15-35)51(66)57-38-20-17-36(18-21-38)31-56-54(69)76-41-25-23-39(24-26-41)63(72)73/h10-12,14-15,17-18,20-21,23-26,32-34,37,40,42-44,46-49H,9,13,16,19,22,27-31H2,1-8H3,(H,56,69)(H,57,66)(H,58,65)(H,59,67)(H,70,71)/t33?,34?,37?,40?,42?,43-,44?,46?,47?,48?,49?/m0/s1. The number of nitro groups is 1. The molecule has 1 aliphatic carbocycles. The maximum absolute atomic E-state index is 14.5. The summed E-state index contributed by atoms with van der Waals surface area (Å²) in [6, 6.07) is 16.9. The van der Waals surface area contributed by atoms with Gasteiger partial charge in [0.2, 0.25) is 29.5 Å². The molecule has 11 atom stereocenters. The number of hydrogen-bond acceptors (Lipinski definition) is 12. The van der Waals surface area contributed by atoms with Gasteiger partial charge in [-0.3, -0.25) is 39.0 Å². The minimum absolute atomic E-state index is 0.0833. The first-order valence-electron chi connectivity index (χ1n) is 26.1.